The molecule has 1 heterocycles. The first-order valence-electron chi connectivity index (χ1n) is 7.31. The maximum absolute atomic E-state index is 6.29. The van der Waals surface area contributed by atoms with Gasteiger partial charge in [-0.3, -0.25) is 0 Å². The Bertz CT molecular complexity index is 411. The monoisotopic (exact) mass is 261 g/mol. The fourth-order valence-electron chi connectivity index (χ4n) is 3.37. The predicted molar refractivity (Wildman–Crippen MR) is 80.0 cm³/mol. The molecule has 2 nitrogen and oxygen atoms in total. The molecular formula is C17H27NO. The van der Waals surface area contributed by atoms with Gasteiger partial charge in [0.15, 0.2) is 0 Å². The third-order valence-corrected chi connectivity index (χ3v) is 4.31. The molecule has 1 aliphatic rings. The van der Waals surface area contributed by atoms with Gasteiger partial charge in [-0.15, -0.1) is 0 Å². The van der Waals surface area contributed by atoms with E-state index < -0.39 is 0 Å². The zero-order valence-corrected chi connectivity index (χ0v) is 12.6. The smallest absolute Gasteiger partial charge is 0.0662 e. The molecule has 0 amide bonds. The molecule has 0 radical (unpaired) electrons. The van der Waals surface area contributed by atoms with Crippen molar-refractivity contribution in [3.63, 3.8) is 0 Å². The van der Waals surface area contributed by atoms with Crippen molar-refractivity contribution in [3.05, 3.63) is 35.9 Å². The van der Waals surface area contributed by atoms with Crippen LogP contribution in [0.25, 0.3) is 0 Å². The van der Waals surface area contributed by atoms with E-state index in [2.05, 4.69) is 52.0 Å². The van der Waals surface area contributed by atoms with Crippen molar-refractivity contribution in [2.75, 3.05) is 0 Å². The topological polar surface area (TPSA) is 35.2 Å². The van der Waals surface area contributed by atoms with Crippen LogP contribution < -0.4 is 5.73 Å². The molecule has 106 valence electrons. The summed E-state index contributed by atoms with van der Waals surface area (Å²) in [4.78, 5) is 0. The van der Waals surface area contributed by atoms with E-state index in [-0.39, 0.29) is 17.2 Å². The van der Waals surface area contributed by atoms with Gasteiger partial charge in [-0.1, -0.05) is 30.3 Å². The minimum Gasteiger partial charge on any atom is -0.369 e. The van der Waals surface area contributed by atoms with Crippen LogP contribution in [-0.4, -0.2) is 11.2 Å². The highest BCUT2D eigenvalue weighted by Gasteiger charge is 2.45. The molecule has 0 aromatic heterocycles. The Labute approximate surface area is 117 Å². The largest absolute Gasteiger partial charge is 0.369 e. The molecule has 2 heteroatoms. The Morgan fingerprint density at radius 1 is 1.21 bits per heavy atom. The minimum absolute atomic E-state index is 0.00497. The molecule has 2 rings (SSSR count). The zero-order valence-electron chi connectivity index (χ0n) is 12.6. The van der Waals surface area contributed by atoms with Crippen molar-refractivity contribution in [1.82, 2.24) is 0 Å². The minimum atomic E-state index is -0.0279. The molecule has 1 saturated heterocycles. The highest BCUT2D eigenvalue weighted by atomic mass is 16.5. The normalized spacial score (nSPS) is 26.3. The molecule has 1 aliphatic heterocycles. The lowest BCUT2D eigenvalue weighted by Crippen LogP contribution is -2.29. The van der Waals surface area contributed by atoms with E-state index in [0.29, 0.717) is 5.92 Å². The second-order valence-electron chi connectivity index (χ2n) is 6.96. The van der Waals surface area contributed by atoms with Crippen LogP contribution in [0.3, 0.4) is 0 Å². The number of hydrogen-bond donors (Lipinski definition) is 1. The lowest BCUT2D eigenvalue weighted by atomic mass is 9.82. The van der Waals surface area contributed by atoms with Crippen LogP contribution in [0.15, 0.2) is 30.3 Å². The van der Waals surface area contributed by atoms with Gasteiger partial charge in [0.2, 0.25) is 0 Å². The maximum Gasteiger partial charge on any atom is 0.0662 e. The van der Waals surface area contributed by atoms with Crippen molar-refractivity contribution in [1.29, 1.82) is 0 Å². The van der Waals surface area contributed by atoms with Gasteiger partial charge < -0.3 is 10.5 Å². The van der Waals surface area contributed by atoms with Crippen LogP contribution in [0.1, 0.15) is 58.6 Å². The number of benzene rings is 1. The van der Waals surface area contributed by atoms with Crippen LogP contribution in [0.4, 0.5) is 0 Å². The number of rotatable bonds is 4. The van der Waals surface area contributed by atoms with Crippen molar-refractivity contribution >= 4 is 0 Å². The number of hydrogen-bond acceptors (Lipinski definition) is 2. The van der Waals surface area contributed by atoms with Crippen LogP contribution in [0, 0.1) is 5.92 Å². The summed E-state index contributed by atoms with van der Waals surface area (Å²) in [5.74, 6) is 0.595. The molecule has 2 N–H and O–H groups in total. The van der Waals surface area contributed by atoms with E-state index >= 15 is 0 Å². The molecule has 2 unspecified atom stereocenters. The highest BCUT2D eigenvalue weighted by Crippen LogP contribution is 2.44. The summed E-state index contributed by atoms with van der Waals surface area (Å²) in [6, 6.07) is 10.5. The molecule has 0 bridgehead atoms. The van der Waals surface area contributed by atoms with Crippen molar-refractivity contribution in [2.45, 2.75) is 64.2 Å². The third-order valence-electron chi connectivity index (χ3n) is 4.31. The van der Waals surface area contributed by atoms with Gasteiger partial charge in [-0.05, 0) is 58.4 Å². The average molecular weight is 261 g/mol. The van der Waals surface area contributed by atoms with E-state index in [1.165, 1.54) is 5.56 Å². The SMILES string of the molecule is CC1(C)CC(CCC(N)c2ccccc2)C(C)(C)O1. The first-order chi connectivity index (χ1) is 8.80. The molecular weight excluding hydrogens is 234 g/mol. The Morgan fingerprint density at radius 2 is 1.84 bits per heavy atom. The van der Waals surface area contributed by atoms with Crippen LogP contribution >= 0.6 is 0 Å². The third kappa shape index (κ3) is 3.58. The van der Waals surface area contributed by atoms with E-state index in [0.717, 1.165) is 19.3 Å². The highest BCUT2D eigenvalue weighted by molar-refractivity contribution is 5.18. The molecule has 0 spiro atoms. The summed E-state index contributed by atoms with van der Waals surface area (Å²) < 4.78 is 6.15. The zero-order chi connectivity index (χ0) is 14.1. The summed E-state index contributed by atoms with van der Waals surface area (Å²) in [6.45, 7) is 8.79. The van der Waals surface area contributed by atoms with Gasteiger partial charge in [0.25, 0.3) is 0 Å². The van der Waals surface area contributed by atoms with Crippen LogP contribution in [0.5, 0.6) is 0 Å². The average Bonchev–Trinajstić information content (AvgIpc) is 2.55. The second-order valence-corrected chi connectivity index (χ2v) is 6.96. The van der Waals surface area contributed by atoms with Crippen LogP contribution in [-0.2, 0) is 4.74 Å². The molecule has 1 fully saturated rings. The van der Waals surface area contributed by atoms with Gasteiger partial charge in [0.1, 0.15) is 0 Å². The molecule has 19 heavy (non-hydrogen) atoms. The summed E-state index contributed by atoms with van der Waals surface area (Å²) >= 11 is 0. The van der Waals surface area contributed by atoms with Gasteiger partial charge in [0.05, 0.1) is 11.2 Å². The molecule has 0 saturated carbocycles. The number of ether oxygens (including phenoxy) is 1. The lowest BCUT2D eigenvalue weighted by Gasteiger charge is -2.28. The Balaban J connectivity index is 1.92. The molecule has 2 atom stereocenters. The second kappa shape index (κ2) is 5.26. The lowest BCUT2D eigenvalue weighted by molar-refractivity contribution is -0.0754. The van der Waals surface area contributed by atoms with Gasteiger partial charge in [-0.25, -0.2) is 0 Å². The van der Waals surface area contributed by atoms with E-state index in [9.17, 15) is 0 Å². The summed E-state index contributed by atoms with van der Waals surface area (Å²) in [6.07, 6.45) is 3.28. The summed E-state index contributed by atoms with van der Waals surface area (Å²) in [5.41, 5.74) is 7.50. The first-order valence-corrected chi connectivity index (χ1v) is 7.31. The quantitative estimate of drug-likeness (QED) is 0.887. The fourth-order valence-corrected chi connectivity index (χ4v) is 3.37. The van der Waals surface area contributed by atoms with E-state index in [4.69, 9.17) is 10.5 Å². The first kappa shape index (κ1) is 14.5. The Kier molecular flexibility index (Phi) is 4.03. The molecule has 0 aliphatic carbocycles. The van der Waals surface area contributed by atoms with Crippen LogP contribution in [0.2, 0.25) is 0 Å². The van der Waals surface area contributed by atoms with E-state index in [1.54, 1.807) is 0 Å². The molecule has 1 aromatic rings. The van der Waals surface area contributed by atoms with Crippen molar-refractivity contribution < 1.29 is 4.74 Å². The van der Waals surface area contributed by atoms with Gasteiger partial charge in [-0.2, -0.15) is 0 Å². The standard InChI is InChI=1S/C17H27NO/c1-16(2)12-14(17(3,4)19-16)10-11-15(18)13-8-6-5-7-9-13/h5-9,14-15H,10-12,18H2,1-4H3. The van der Waals surface area contributed by atoms with E-state index in [1.807, 2.05) is 6.07 Å². The van der Waals surface area contributed by atoms with Crippen molar-refractivity contribution in [3.8, 4) is 0 Å². The molecule has 1 aromatic carbocycles. The Hall–Kier alpha value is -0.860. The number of nitrogens with two attached hydrogens (primary N) is 1. The predicted octanol–water partition coefficient (Wildman–Crippen LogP) is 4.06. The Morgan fingerprint density at radius 3 is 2.37 bits per heavy atom. The maximum atomic E-state index is 6.29. The van der Waals surface area contributed by atoms with Gasteiger partial charge >= 0.3 is 0 Å². The fraction of sp³-hybridized carbons (Fsp3) is 0.647. The summed E-state index contributed by atoms with van der Waals surface area (Å²) in [5, 5.41) is 0. The summed E-state index contributed by atoms with van der Waals surface area (Å²) in [7, 11) is 0. The van der Waals surface area contributed by atoms with Crippen molar-refractivity contribution in [2.24, 2.45) is 11.7 Å². The van der Waals surface area contributed by atoms with Gasteiger partial charge in [0, 0.05) is 6.04 Å².